The van der Waals surface area contributed by atoms with Crippen LogP contribution in [-0.4, -0.2) is 63.7 Å². The van der Waals surface area contributed by atoms with Gasteiger partial charge in [0, 0.05) is 53.0 Å². The van der Waals surface area contributed by atoms with Crippen LogP contribution in [0.3, 0.4) is 0 Å². The molecule has 5 N–H and O–H groups in total. The van der Waals surface area contributed by atoms with E-state index in [1.165, 1.54) is 5.52 Å². The number of nitrogens with zero attached hydrogens (tertiary/aromatic N) is 4. The van der Waals surface area contributed by atoms with Gasteiger partial charge >= 0.3 is 0 Å². The third-order valence-electron chi connectivity index (χ3n) is 6.78. The van der Waals surface area contributed by atoms with E-state index in [0.717, 1.165) is 46.3 Å². The van der Waals surface area contributed by atoms with Gasteiger partial charge in [0.05, 0.1) is 11.2 Å². The zero-order valence-corrected chi connectivity index (χ0v) is 20.1. The topological polar surface area (TPSA) is 99.8 Å². The first-order chi connectivity index (χ1) is 16.4. The molecule has 1 aromatic carbocycles. The van der Waals surface area contributed by atoms with E-state index in [2.05, 4.69) is 88.8 Å². The summed E-state index contributed by atoms with van der Waals surface area (Å²) in [5.74, 6) is 0.534. The first kappa shape index (κ1) is 22.3. The highest BCUT2D eigenvalue weighted by atomic mass is 15.1. The van der Waals surface area contributed by atoms with Crippen LogP contribution in [0.5, 0.6) is 0 Å². The number of H-pyrrole nitrogens is 1. The summed E-state index contributed by atoms with van der Waals surface area (Å²) in [5, 5.41) is 8.97. The van der Waals surface area contributed by atoms with Crippen LogP contribution in [0.15, 0.2) is 66.7 Å². The van der Waals surface area contributed by atoms with Gasteiger partial charge in [-0.2, -0.15) is 4.98 Å². The summed E-state index contributed by atoms with van der Waals surface area (Å²) in [5.41, 5.74) is 11.2. The Hall–Kier alpha value is -3.46. The van der Waals surface area contributed by atoms with Gasteiger partial charge < -0.3 is 30.8 Å². The zero-order chi connectivity index (χ0) is 23.9. The van der Waals surface area contributed by atoms with Gasteiger partial charge in [-0.1, -0.05) is 24.3 Å². The van der Waals surface area contributed by atoms with Gasteiger partial charge in [-0.25, -0.2) is 4.98 Å². The van der Waals surface area contributed by atoms with E-state index in [4.69, 9.17) is 15.7 Å². The number of hydrogen-bond donors (Lipinski definition) is 4. The molecule has 0 amide bonds. The molecule has 5 rings (SSSR count). The van der Waals surface area contributed by atoms with Gasteiger partial charge in [-0.15, -0.1) is 0 Å². The Morgan fingerprint density at radius 2 is 2.00 bits per heavy atom. The lowest BCUT2D eigenvalue weighted by Crippen LogP contribution is -2.57. The Labute approximate surface area is 199 Å². The number of fused-ring (bicyclic) bond motifs is 2. The van der Waals surface area contributed by atoms with Crippen molar-refractivity contribution in [3.8, 4) is 11.3 Å². The van der Waals surface area contributed by atoms with Crippen molar-refractivity contribution in [2.75, 3.05) is 33.0 Å². The van der Waals surface area contributed by atoms with Crippen molar-refractivity contribution in [2.45, 2.75) is 18.0 Å². The smallest absolute Gasteiger partial charge is 0.229 e. The van der Waals surface area contributed by atoms with Crippen LogP contribution in [0.1, 0.15) is 6.42 Å². The molecule has 8 nitrogen and oxygen atoms in total. The van der Waals surface area contributed by atoms with Gasteiger partial charge in [0.15, 0.2) is 0 Å². The van der Waals surface area contributed by atoms with Gasteiger partial charge in [-0.05, 0) is 58.4 Å². The van der Waals surface area contributed by atoms with Crippen molar-refractivity contribution in [3.63, 3.8) is 0 Å². The number of nitrogens with one attached hydrogen (secondary N) is 3. The monoisotopic (exact) mass is 456 g/mol. The van der Waals surface area contributed by atoms with Crippen LogP contribution in [0, 0.1) is 0 Å². The molecule has 0 aliphatic heterocycles. The van der Waals surface area contributed by atoms with Crippen molar-refractivity contribution in [1.29, 1.82) is 0 Å². The van der Waals surface area contributed by atoms with E-state index >= 15 is 0 Å². The SMILES string of the molecule is CNC1(CCN(C)C)C=CC(Nc2nc(-c3cn(C)c4ccccc34)c3cc[nH]c3n2)=CC1N. The van der Waals surface area contributed by atoms with E-state index in [-0.39, 0.29) is 11.6 Å². The van der Waals surface area contributed by atoms with Crippen LogP contribution < -0.4 is 16.4 Å². The fourth-order valence-corrected chi connectivity index (χ4v) is 4.73. The van der Waals surface area contributed by atoms with Crippen molar-refractivity contribution < 1.29 is 0 Å². The number of nitrogens with two attached hydrogens (primary N) is 1. The predicted molar refractivity (Wildman–Crippen MR) is 140 cm³/mol. The summed E-state index contributed by atoms with van der Waals surface area (Å²) in [6, 6.07) is 10.2. The number of benzene rings is 1. The molecule has 3 heterocycles. The molecule has 4 aromatic rings. The summed E-state index contributed by atoms with van der Waals surface area (Å²) >= 11 is 0. The molecule has 1 aliphatic carbocycles. The molecule has 0 saturated heterocycles. The van der Waals surface area contributed by atoms with E-state index < -0.39 is 0 Å². The number of allylic oxidation sites excluding steroid dienone is 1. The van der Waals surface area contributed by atoms with Crippen molar-refractivity contribution in [2.24, 2.45) is 12.8 Å². The third-order valence-corrected chi connectivity index (χ3v) is 6.78. The maximum Gasteiger partial charge on any atom is 0.229 e. The number of para-hydroxylation sites is 1. The van der Waals surface area contributed by atoms with Gasteiger partial charge in [0.25, 0.3) is 0 Å². The van der Waals surface area contributed by atoms with E-state index in [1.54, 1.807) is 0 Å². The number of likely N-dealkylation sites (N-methyl/N-ethyl adjacent to an activating group) is 1. The Kier molecular flexibility index (Phi) is 5.73. The second kappa shape index (κ2) is 8.72. The average molecular weight is 457 g/mol. The van der Waals surface area contributed by atoms with Gasteiger partial charge in [-0.3, -0.25) is 0 Å². The molecule has 2 atom stereocenters. The highest BCUT2D eigenvalue weighted by Crippen LogP contribution is 2.34. The highest BCUT2D eigenvalue weighted by molar-refractivity contribution is 6.02. The minimum absolute atomic E-state index is 0.184. The number of rotatable bonds is 7. The third kappa shape index (κ3) is 3.90. The second-order valence-electron chi connectivity index (χ2n) is 9.26. The van der Waals surface area contributed by atoms with Crippen molar-refractivity contribution in [1.82, 2.24) is 29.7 Å². The summed E-state index contributed by atoms with van der Waals surface area (Å²) in [6.45, 7) is 0.941. The first-order valence-corrected chi connectivity index (χ1v) is 11.6. The molecule has 8 heteroatoms. The lowest BCUT2D eigenvalue weighted by molar-refractivity contribution is 0.300. The van der Waals surface area contributed by atoms with Crippen LogP contribution in [0.4, 0.5) is 5.95 Å². The molecule has 34 heavy (non-hydrogen) atoms. The van der Waals surface area contributed by atoms with Crippen LogP contribution >= 0.6 is 0 Å². The summed E-state index contributed by atoms with van der Waals surface area (Å²) in [7, 11) is 8.17. The fourth-order valence-electron chi connectivity index (χ4n) is 4.73. The van der Waals surface area contributed by atoms with Crippen LogP contribution in [0.25, 0.3) is 33.2 Å². The lowest BCUT2D eigenvalue weighted by atomic mass is 9.83. The minimum atomic E-state index is -0.284. The van der Waals surface area contributed by atoms with E-state index in [0.29, 0.717) is 5.95 Å². The molecule has 0 fully saturated rings. The van der Waals surface area contributed by atoms with Crippen LogP contribution in [-0.2, 0) is 7.05 Å². The lowest BCUT2D eigenvalue weighted by Gasteiger charge is -2.38. The Balaban J connectivity index is 1.49. The van der Waals surface area contributed by atoms with Crippen LogP contribution in [0.2, 0.25) is 0 Å². The number of aromatic amines is 1. The molecular weight excluding hydrogens is 424 g/mol. The van der Waals surface area contributed by atoms with E-state index in [9.17, 15) is 0 Å². The highest BCUT2D eigenvalue weighted by Gasteiger charge is 2.33. The zero-order valence-electron chi connectivity index (χ0n) is 20.1. The number of hydrogen-bond acceptors (Lipinski definition) is 6. The second-order valence-corrected chi connectivity index (χ2v) is 9.26. The Morgan fingerprint density at radius 1 is 1.18 bits per heavy atom. The predicted octanol–water partition coefficient (Wildman–Crippen LogP) is 3.22. The summed E-state index contributed by atoms with van der Waals surface area (Å²) in [4.78, 5) is 15.1. The maximum absolute atomic E-state index is 6.62. The Bertz CT molecular complexity index is 1390. The molecule has 0 bridgehead atoms. The number of aryl methyl sites for hydroxylation is 1. The molecule has 0 spiro atoms. The standard InChI is InChI=1S/C26H32N8/c1-28-26(12-14-33(2)3)11-9-17(15-22(26)27)30-25-31-23(19-10-13-29-24(19)32-25)20-16-34(4)21-8-6-5-7-18(20)21/h5-11,13,15-16,22,28H,12,14,27H2,1-4H3,(H2,29,30,31,32). The molecule has 176 valence electrons. The van der Waals surface area contributed by atoms with Crippen molar-refractivity contribution in [3.05, 3.63) is 66.7 Å². The van der Waals surface area contributed by atoms with E-state index in [1.807, 2.05) is 25.4 Å². The molecular formula is C26H32N8. The number of anilines is 1. The maximum atomic E-state index is 6.62. The fraction of sp³-hybridized carbons (Fsp3) is 0.308. The molecule has 0 saturated carbocycles. The normalized spacial score (nSPS) is 20.4. The Morgan fingerprint density at radius 3 is 2.76 bits per heavy atom. The van der Waals surface area contributed by atoms with Gasteiger partial charge in [0.2, 0.25) is 5.95 Å². The largest absolute Gasteiger partial charge is 0.350 e. The van der Waals surface area contributed by atoms with Crippen molar-refractivity contribution >= 4 is 27.9 Å². The molecule has 3 aromatic heterocycles. The first-order valence-electron chi connectivity index (χ1n) is 11.6. The quantitative estimate of drug-likeness (QED) is 0.341. The number of aromatic nitrogens is 4. The summed E-state index contributed by atoms with van der Waals surface area (Å²) in [6.07, 6.45) is 11.2. The average Bonchev–Trinajstić information content (AvgIpc) is 3.43. The molecule has 2 unspecified atom stereocenters. The summed E-state index contributed by atoms with van der Waals surface area (Å²) < 4.78 is 2.13. The molecule has 0 radical (unpaired) electrons. The van der Waals surface area contributed by atoms with Gasteiger partial charge in [0.1, 0.15) is 5.65 Å². The minimum Gasteiger partial charge on any atom is -0.350 e. The molecule has 1 aliphatic rings.